The molecule has 0 fully saturated rings. The molecular formula is C60H53Ge2O4Sb. The molecule has 0 saturated heterocycles. The molecule has 9 aromatic carbocycles. The van der Waals surface area contributed by atoms with E-state index in [0.717, 1.165) is 0 Å². The standard InChI is InChI=1S/2C21H19GeO2.3C6H5.Sb/c2*23-18-24-17-16-22(19-10-4-1-5-11-19,20-12-6-2-7-13-20)21-14-8-3-9-15-21;3*1-2-4-6-5-3-1;/h2*1-15H,16-17H2;3*1-5H;. The molecule has 0 saturated carbocycles. The Kier molecular flexibility index (Phi) is 14.2. The summed E-state index contributed by atoms with van der Waals surface area (Å²) in [6, 6.07) is 93.3. The van der Waals surface area contributed by atoms with Crippen molar-refractivity contribution in [3.05, 3.63) is 273 Å². The van der Waals surface area contributed by atoms with Crippen LogP contribution in [-0.4, -0.2) is 65.0 Å². The van der Waals surface area contributed by atoms with Gasteiger partial charge in [0.1, 0.15) is 0 Å². The van der Waals surface area contributed by atoms with Crippen LogP contribution in [-0.2, 0) is 9.47 Å². The quantitative estimate of drug-likeness (QED) is 0.0872. The van der Waals surface area contributed by atoms with Crippen molar-refractivity contribution in [1.82, 2.24) is 0 Å². The number of hydrogen-bond donors (Lipinski definition) is 0. The maximum absolute atomic E-state index is 16.5. The average molecular weight is 1110 g/mol. The predicted octanol–water partition coefficient (Wildman–Crippen LogP) is 7.89. The van der Waals surface area contributed by atoms with Crippen LogP contribution in [0.2, 0.25) is 10.5 Å². The van der Waals surface area contributed by atoms with Crippen molar-refractivity contribution in [1.29, 1.82) is 0 Å². The Hall–Kier alpha value is -6.18. The molecule has 0 atom stereocenters. The number of rotatable bonds is 17. The van der Waals surface area contributed by atoms with Gasteiger partial charge in [0.15, 0.2) is 0 Å². The molecule has 0 unspecified atom stereocenters. The third kappa shape index (κ3) is 8.24. The normalized spacial score (nSPS) is 12.3. The van der Waals surface area contributed by atoms with Crippen LogP contribution in [0, 0.1) is 0 Å². The molecule has 0 aromatic heterocycles. The Morgan fingerprint density at radius 1 is 0.284 bits per heavy atom. The van der Waals surface area contributed by atoms with Crippen LogP contribution in [0.15, 0.2) is 273 Å². The molecule has 0 amide bonds. The summed E-state index contributed by atoms with van der Waals surface area (Å²) in [5, 5.41) is 1.20. The van der Waals surface area contributed by atoms with E-state index in [1.807, 2.05) is 91.0 Å². The predicted molar refractivity (Wildman–Crippen MR) is 284 cm³/mol. The molecule has 0 bridgehead atoms. The van der Waals surface area contributed by atoms with Crippen LogP contribution < -0.4 is 36.9 Å². The zero-order valence-corrected chi connectivity index (χ0v) is 44.1. The Morgan fingerprint density at radius 3 is 0.657 bits per heavy atom. The maximum atomic E-state index is 16.5. The Balaban J connectivity index is 1.20. The number of ether oxygens (including phenoxy) is 2. The van der Waals surface area contributed by atoms with Crippen LogP contribution in [0.25, 0.3) is 0 Å². The second kappa shape index (κ2) is 20.8. The molecule has 0 spiro atoms. The van der Waals surface area contributed by atoms with Gasteiger partial charge >= 0.3 is 404 Å². The van der Waals surface area contributed by atoms with Crippen molar-refractivity contribution in [3.63, 3.8) is 0 Å². The Labute approximate surface area is 401 Å². The van der Waals surface area contributed by atoms with Gasteiger partial charge in [-0.1, -0.05) is 0 Å². The minimum absolute atomic E-state index is 0.105. The number of benzene rings is 9. The molecule has 0 heterocycles. The van der Waals surface area contributed by atoms with Gasteiger partial charge < -0.3 is 0 Å². The molecule has 4 nitrogen and oxygen atoms in total. The van der Waals surface area contributed by atoms with Gasteiger partial charge in [-0.15, -0.1) is 0 Å². The summed E-state index contributed by atoms with van der Waals surface area (Å²) in [5.41, 5.74) is 0. The summed E-state index contributed by atoms with van der Waals surface area (Å²) in [6.07, 6.45) is 0. The van der Waals surface area contributed by atoms with Crippen molar-refractivity contribution in [2.45, 2.75) is 10.5 Å². The van der Waals surface area contributed by atoms with Crippen molar-refractivity contribution >= 4 is 88.7 Å². The number of carbonyl (C=O) groups excluding carboxylic acids is 2. The van der Waals surface area contributed by atoms with E-state index in [-0.39, 0.29) is 13.2 Å². The fourth-order valence-corrected chi connectivity index (χ4v) is 44.7. The van der Waals surface area contributed by atoms with Crippen LogP contribution >= 0.6 is 0 Å². The fourth-order valence-electron chi connectivity index (χ4n) is 10.4. The summed E-state index contributed by atoms with van der Waals surface area (Å²) >= 11 is -13.6. The zero-order valence-electron chi connectivity index (χ0n) is 37.4. The first-order valence-corrected chi connectivity index (χ1v) is 38.6. The summed E-state index contributed by atoms with van der Waals surface area (Å²) < 4.78 is 22.5. The summed E-state index contributed by atoms with van der Waals surface area (Å²) in [4.78, 5) is 33.1. The molecule has 0 radical (unpaired) electrons. The van der Waals surface area contributed by atoms with Gasteiger partial charge in [0.25, 0.3) is 0 Å². The van der Waals surface area contributed by atoms with Gasteiger partial charge in [0.05, 0.1) is 0 Å². The van der Waals surface area contributed by atoms with E-state index >= 15 is 9.59 Å². The first-order chi connectivity index (χ1) is 33.0. The van der Waals surface area contributed by atoms with Gasteiger partial charge in [0, 0.05) is 0 Å². The van der Waals surface area contributed by atoms with Crippen LogP contribution in [0.1, 0.15) is 0 Å². The van der Waals surface area contributed by atoms with Crippen LogP contribution in [0.5, 0.6) is 0 Å². The molecule has 9 aromatic rings. The zero-order chi connectivity index (χ0) is 45.9. The summed E-state index contributed by atoms with van der Waals surface area (Å²) in [7, 11) is 0. The van der Waals surface area contributed by atoms with E-state index in [1.54, 1.807) is 0 Å². The SMILES string of the molecule is O=[C](OC[CH2][Ge]([c]1ccccc1)([c]1ccccc1)[c]1ccccc1)[Sb]([C](=O)OC[CH2][Ge]([c]1ccccc1)([c]1ccccc1)[c]1ccccc1)([c]1ccccc1)([c]1ccccc1)[c]1ccccc1. The van der Waals surface area contributed by atoms with E-state index in [0.29, 0.717) is 21.0 Å². The molecule has 0 aliphatic heterocycles. The molecule has 9 rings (SSSR count). The van der Waals surface area contributed by atoms with E-state index in [9.17, 15) is 0 Å². The monoisotopic (exact) mass is 1110 g/mol. The van der Waals surface area contributed by atoms with Gasteiger partial charge in [-0.25, -0.2) is 0 Å². The summed E-state index contributed by atoms with van der Waals surface area (Å²) in [6.45, 7) is 0.209. The Bertz CT molecular complexity index is 2540. The first-order valence-electron chi connectivity index (χ1n) is 22.9. The molecule has 0 aliphatic carbocycles. The Morgan fingerprint density at radius 2 is 0.463 bits per heavy atom. The minimum atomic E-state index is -6.40. The second-order valence-corrected chi connectivity index (χ2v) is 46.7. The average Bonchev–Trinajstić information content (AvgIpc) is 3.42. The van der Waals surface area contributed by atoms with Crippen LogP contribution in [0.3, 0.4) is 0 Å². The number of hydrogen-bond acceptors (Lipinski definition) is 4. The van der Waals surface area contributed by atoms with Crippen molar-refractivity contribution in [2.75, 3.05) is 13.2 Å². The van der Waals surface area contributed by atoms with Gasteiger partial charge in [-0.2, -0.15) is 0 Å². The topological polar surface area (TPSA) is 52.6 Å². The van der Waals surface area contributed by atoms with Crippen molar-refractivity contribution < 1.29 is 19.1 Å². The molecule has 0 N–H and O–H groups in total. The summed E-state index contributed by atoms with van der Waals surface area (Å²) in [5.74, 6) is 0. The molecule has 67 heavy (non-hydrogen) atoms. The van der Waals surface area contributed by atoms with E-state index in [2.05, 4.69) is 182 Å². The van der Waals surface area contributed by atoms with E-state index < -0.39 is 51.8 Å². The second-order valence-electron chi connectivity index (χ2n) is 16.9. The third-order valence-corrected chi connectivity index (χ3v) is 50.5. The van der Waals surface area contributed by atoms with Gasteiger partial charge in [-0.05, 0) is 0 Å². The van der Waals surface area contributed by atoms with E-state index in [1.165, 1.54) is 26.4 Å². The van der Waals surface area contributed by atoms with Gasteiger partial charge in [0.2, 0.25) is 0 Å². The molecular weight excluding hydrogens is 1050 g/mol. The van der Waals surface area contributed by atoms with Gasteiger partial charge in [-0.3, -0.25) is 0 Å². The van der Waals surface area contributed by atoms with Crippen molar-refractivity contribution in [2.24, 2.45) is 0 Å². The third-order valence-electron chi connectivity index (χ3n) is 13.6. The molecule has 330 valence electrons. The van der Waals surface area contributed by atoms with Crippen molar-refractivity contribution in [3.8, 4) is 0 Å². The van der Waals surface area contributed by atoms with E-state index in [4.69, 9.17) is 9.47 Å². The first kappa shape index (κ1) is 46.0. The molecule has 0 aliphatic rings. The fraction of sp³-hybridized carbons (Fsp3) is 0.0667. The number of carbonyl (C=O) groups is 2. The molecule has 7 heteroatoms. The van der Waals surface area contributed by atoms with Crippen LogP contribution in [0.4, 0.5) is 9.59 Å².